The third-order valence-electron chi connectivity index (χ3n) is 3.28. The molecule has 2 aromatic rings. The van der Waals surface area contributed by atoms with E-state index in [1.165, 1.54) is 11.0 Å². The number of halogens is 1. The van der Waals surface area contributed by atoms with Crippen LogP contribution in [0.25, 0.3) is 0 Å². The number of amides is 1. The third kappa shape index (κ3) is 1.87. The van der Waals surface area contributed by atoms with E-state index in [1.54, 1.807) is 25.4 Å². The average molecular weight is 270 g/mol. The first kappa shape index (κ1) is 12.5. The van der Waals surface area contributed by atoms with Gasteiger partial charge in [-0.15, -0.1) is 0 Å². The molecule has 0 fully saturated rings. The van der Waals surface area contributed by atoms with E-state index in [1.807, 2.05) is 6.07 Å². The zero-order valence-electron chi connectivity index (χ0n) is 10.8. The molecule has 3 rings (SSSR count). The Bertz CT molecular complexity index is 713. The van der Waals surface area contributed by atoms with Crippen LogP contribution in [0.2, 0.25) is 0 Å². The number of hydrogen-bond acceptors (Lipinski definition) is 3. The molecule has 1 aliphatic rings. The average Bonchev–Trinajstić information content (AvgIpc) is 2.65. The molecule has 1 aromatic carbocycles. The van der Waals surface area contributed by atoms with Gasteiger partial charge in [0.2, 0.25) is 0 Å². The number of ketones is 1. The summed E-state index contributed by atoms with van der Waals surface area (Å²) in [7, 11) is 0. The molecular weight excluding hydrogens is 259 g/mol. The molecule has 0 N–H and O–H groups in total. The van der Waals surface area contributed by atoms with Gasteiger partial charge in [0.25, 0.3) is 11.7 Å². The van der Waals surface area contributed by atoms with E-state index in [4.69, 9.17) is 0 Å². The highest BCUT2D eigenvalue weighted by Crippen LogP contribution is 2.34. The van der Waals surface area contributed by atoms with Crippen molar-refractivity contribution in [2.24, 2.45) is 0 Å². The lowest BCUT2D eigenvalue weighted by Gasteiger charge is -2.18. The molecule has 1 aliphatic heterocycles. The fraction of sp³-hybridized carbons (Fsp3) is 0.133. The smallest absolute Gasteiger partial charge is 0.299 e. The number of nitrogens with zero attached hydrogens (tertiary/aromatic N) is 2. The summed E-state index contributed by atoms with van der Waals surface area (Å²) < 4.78 is 13.4. The van der Waals surface area contributed by atoms with Crippen molar-refractivity contribution in [2.45, 2.75) is 13.5 Å². The maximum Gasteiger partial charge on any atom is 0.299 e. The Labute approximate surface area is 114 Å². The van der Waals surface area contributed by atoms with Gasteiger partial charge in [-0.3, -0.25) is 14.6 Å². The summed E-state index contributed by atoms with van der Waals surface area (Å²) in [6.07, 6.45) is 3.27. The Hall–Kier alpha value is -2.56. The number of anilines is 1. The molecule has 1 aromatic heterocycles. The van der Waals surface area contributed by atoms with Crippen molar-refractivity contribution in [1.29, 1.82) is 0 Å². The van der Waals surface area contributed by atoms with Gasteiger partial charge in [0.05, 0.1) is 17.8 Å². The molecule has 1 amide bonds. The number of aryl methyl sites for hydroxylation is 1. The minimum Gasteiger partial charge on any atom is -0.300 e. The van der Waals surface area contributed by atoms with Crippen LogP contribution >= 0.6 is 0 Å². The number of Topliss-reactive ketones (excluding diaryl/α,β-unsaturated/α-hetero) is 1. The summed E-state index contributed by atoms with van der Waals surface area (Å²) in [6, 6.07) is 6.02. The fourth-order valence-corrected chi connectivity index (χ4v) is 2.43. The van der Waals surface area contributed by atoms with Crippen LogP contribution in [-0.2, 0) is 11.3 Å². The van der Waals surface area contributed by atoms with Crippen molar-refractivity contribution in [3.8, 4) is 0 Å². The summed E-state index contributed by atoms with van der Waals surface area (Å²) >= 11 is 0. The number of pyridine rings is 1. The van der Waals surface area contributed by atoms with Crippen molar-refractivity contribution in [3.05, 3.63) is 59.2 Å². The molecule has 4 nitrogen and oxygen atoms in total. The van der Waals surface area contributed by atoms with Gasteiger partial charge in [-0.2, -0.15) is 0 Å². The molecule has 0 bridgehead atoms. The van der Waals surface area contributed by atoms with Gasteiger partial charge in [0.1, 0.15) is 5.82 Å². The summed E-state index contributed by atoms with van der Waals surface area (Å²) in [6.45, 7) is 1.93. The quantitative estimate of drug-likeness (QED) is 0.786. The highest BCUT2D eigenvalue weighted by molar-refractivity contribution is 6.52. The molecule has 5 heteroatoms. The molecule has 0 saturated carbocycles. The standard InChI is InChI=1S/C15H11FN2O2/c1-9-5-11(16)6-12-13(9)18(15(20)14(12)19)8-10-3-2-4-17-7-10/h2-7H,8H2,1H3. The minimum absolute atomic E-state index is 0.136. The SMILES string of the molecule is Cc1cc(F)cc2c1N(Cc1cccnc1)C(=O)C2=O. The lowest BCUT2D eigenvalue weighted by atomic mass is 10.1. The van der Waals surface area contributed by atoms with E-state index in [0.29, 0.717) is 11.3 Å². The van der Waals surface area contributed by atoms with Crippen LogP contribution in [0.5, 0.6) is 0 Å². The molecular formula is C15H11FN2O2. The van der Waals surface area contributed by atoms with Crippen LogP contribution in [0.1, 0.15) is 21.5 Å². The van der Waals surface area contributed by atoms with Gasteiger partial charge in [0, 0.05) is 12.4 Å². The Morgan fingerprint density at radius 1 is 1.30 bits per heavy atom. The molecule has 0 radical (unpaired) electrons. The van der Waals surface area contributed by atoms with Gasteiger partial charge in [0.15, 0.2) is 0 Å². The summed E-state index contributed by atoms with van der Waals surface area (Å²) in [5.74, 6) is -1.80. The highest BCUT2D eigenvalue weighted by Gasteiger charge is 2.37. The predicted octanol–water partition coefficient (Wildman–Crippen LogP) is 2.26. The van der Waals surface area contributed by atoms with Crippen molar-refractivity contribution < 1.29 is 14.0 Å². The zero-order valence-corrected chi connectivity index (χ0v) is 10.8. The zero-order chi connectivity index (χ0) is 14.3. The van der Waals surface area contributed by atoms with Crippen LogP contribution in [0.4, 0.5) is 10.1 Å². The van der Waals surface area contributed by atoms with Gasteiger partial charge >= 0.3 is 0 Å². The van der Waals surface area contributed by atoms with Crippen LogP contribution < -0.4 is 4.90 Å². The molecule has 0 atom stereocenters. The number of rotatable bonds is 2. The topological polar surface area (TPSA) is 50.3 Å². The van der Waals surface area contributed by atoms with Crippen LogP contribution in [0, 0.1) is 12.7 Å². The van der Waals surface area contributed by atoms with E-state index < -0.39 is 17.5 Å². The molecule has 20 heavy (non-hydrogen) atoms. The second-order valence-corrected chi connectivity index (χ2v) is 4.70. The van der Waals surface area contributed by atoms with Crippen LogP contribution in [0.15, 0.2) is 36.7 Å². The number of carbonyl (C=O) groups is 2. The summed E-state index contributed by atoms with van der Waals surface area (Å²) in [5, 5.41) is 0. The van der Waals surface area contributed by atoms with Gasteiger partial charge in [-0.25, -0.2) is 4.39 Å². The second kappa shape index (κ2) is 4.52. The van der Waals surface area contributed by atoms with E-state index in [-0.39, 0.29) is 12.1 Å². The maximum atomic E-state index is 13.4. The van der Waals surface area contributed by atoms with Gasteiger partial charge in [-0.05, 0) is 36.2 Å². The van der Waals surface area contributed by atoms with Crippen LogP contribution in [-0.4, -0.2) is 16.7 Å². The van der Waals surface area contributed by atoms with Crippen molar-refractivity contribution in [1.82, 2.24) is 4.98 Å². The fourth-order valence-electron chi connectivity index (χ4n) is 2.43. The number of carbonyl (C=O) groups excluding carboxylic acids is 2. The molecule has 100 valence electrons. The van der Waals surface area contributed by atoms with Crippen LogP contribution in [0.3, 0.4) is 0 Å². The molecule has 0 unspecified atom stereocenters. The normalized spacial score (nSPS) is 13.8. The first-order chi connectivity index (χ1) is 9.58. The second-order valence-electron chi connectivity index (χ2n) is 4.70. The van der Waals surface area contributed by atoms with E-state index >= 15 is 0 Å². The first-order valence-corrected chi connectivity index (χ1v) is 6.13. The monoisotopic (exact) mass is 270 g/mol. The Kier molecular flexibility index (Phi) is 2.82. The largest absolute Gasteiger partial charge is 0.300 e. The number of benzene rings is 1. The van der Waals surface area contributed by atoms with Gasteiger partial charge < -0.3 is 4.90 Å². The number of hydrogen-bond donors (Lipinski definition) is 0. The molecule has 2 heterocycles. The highest BCUT2D eigenvalue weighted by atomic mass is 19.1. The van der Waals surface area contributed by atoms with Crippen molar-refractivity contribution in [3.63, 3.8) is 0 Å². The van der Waals surface area contributed by atoms with E-state index in [9.17, 15) is 14.0 Å². The number of fused-ring (bicyclic) bond motifs is 1. The summed E-state index contributed by atoms with van der Waals surface area (Å²) in [5.41, 5.74) is 2.01. The van der Waals surface area contributed by atoms with Gasteiger partial charge in [-0.1, -0.05) is 6.07 Å². The van der Waals surface area contributed by atoms with Crippen molar-refractivity contribution in [2.75, 3.05) is 4.90 Å². The lowest BCUT2D eigenvalue weighted by Crippen LogP contribution is -2.29. The Morgan fingerprint density at radius 2 is 2.10 bits per heavy atom. The van der Waals surface area contributed by atoms with E-state index in [2.05, 4.69) is 4.98 Å². The third-order valence-corrected chi connectivity index (χ3v) is 3.28. The summed E-state index contributed by atoms with van der Waals surface area (Å²) in [4.78, 5) is 29.4. The van der Waals surface area contributed by atoms with Crippen molar-refractivity contribution >= 4 is 17.4 Å². The number of aromatic nitrogens is 1. The minimum atomic E-state index is -0.661. The maximum absolute atomic E-state index is 13.4. The molecule has 0 aliphatic carbocycles. The first-order valence-electron chi connectivity index (χ1n) is 6.13. The Balaban J connectivity index is 2.07. The predicted molar refractivity (Wildman–Crippen MR) is 70.9 cm³/mol. The lowest BCUT2D eigenvalue weighted by molar-refractivity contribution is -0.114. The Morgan fingerprint density at radius 3 is 2.80 bits per heavy atom. The molecule has 0 spiro atoms. The van der Waals surface area contributed by atoms with E-state index in [0.717, 1.165) is 11.6 Å². The molecule has 0 saturated heterocycles.